The number of hydrogen-bond donors (Lipinski definition) is 2. The number of carbonyl (C=O) groups is 1. The van der Waals surface area contributed by atoms with E-state index in [4.69, 9.17) is 9.26 Å². The largest absolute Gasteiger partial charge is 0.461 e. The fourth-order valence-electron chi connectivity index (χ4n) is 1.20. The first-order valence-corrected chi connectivity index (χ1v) is 5.68. The number of nitrogens with one attached hydrogen (secondary N) is 1. The van der Waals surface area contributed by atoms with Crippen LogP contribution >= 0.6 is 0 Å². The fourth-order valence-corrected chi connectivity index (χ4v) is 1.20. The molecule has 1 rings (SSSR count). The maximum Gasteiger partial charge on any atom is 0.360 e. The maximum atomic E-state index is 11.3. The van der Waals surface area contributed by atoms with E-state index in [1.807, 2.05) is 6.92 Å². The average Bonchev–Trinajstić information content (AvgIpc) is 2.78. The molecule has 0 fully saturated rings. The smallest absolute Gasteiger partial charge is 0.360 e. The number of carbonyl (C=O) groups excluding carboxylic acids is 1. The predicted molar refractivity (Wildman–Crippen MR) is 60.5 cm³/mol. The summed E-state index contributed by atoms with van der Waals surface area (Å²) in [6.07, 6.45) is 0.319. The first-order valence-electron chi connectivity index (χ1n) is 5.68. The van der Waals surface area contributed by atoms with Gasteiger partial charge in [0.1, 0.15) is 0 Å². The molecule has 0 aliphatic heterocycles. The van der Waals surface area contributed by atoms with Gasteiger partial charge in [0.2, 0.25) is 0 Å². The standard InChI is InChI=1S/C11H18N2O4/c1-3-8(14)6-12-7-9-5-10(13-17-9)11(15)16-4-2/h5,8,12,14H,3-4,6-7H2,1-2H3. The Bertz CT molecular complexity index is 351. The van der Waals surface area contributed by atoms with Gasteiger partial charge < -0.3 is 19.7 Å². The summed E-state index contributed by atoms with van der Waals surface area (Å²) in [6, 6.07) is 1.53. The monoisotopic (exact) mass is 242 g/mol. The highest BCUT2D eigenvalue weighted by molar-refractivity contribution is 5.87. The lowest BCUT2D eigenvalue weighted by atomic mass is 10.3. The highest BCUT2D eigenvalue weighted by Gasteiger charge is 2.13. The van der Waals surface area contributed by atoms with Crippen LogP contribution in [0.25, 0.3) is 0 Å². The van der Waals surface area contributed by atoms with E-state index in [2.05, 4.69) is 10.5 Å². The molecule has 0 saturated carbocycles. The molecule has 0 aromatic carbocycles. The molecule has 2 N–H and O–H groups in total. The normalized spacial score (nSPS) is 12.4. The molecule has 17 heavy (non-hydrogen) atoms. The minimum Gasteiger partial charge on any atom is -0.461 e. The van der Waals surface area contributed by atoms with E-state index >= 15 is 0 Å². The van der Waals surface area contributed by atoms with E-state index in [1.165, 1.54) is 6.07 Å². The lowest BCUT2D eigenvalue weighted by Crippen LogP contribution is -2.25. The molecule has 0 aliphatic carbocycles. The van der Waals surface area contributed by atoms with Crippen LogP contribution < -0.4 is 5.32 Å². The molecular weight excluding hydrogens is 224 g/mol. The van der Waals surface area contributed by atoms with Crippen LogP contribution in [0.5, 0.6) is 0 Å². The van der Waals surface area contributed by atoms with Gasteiger partial charge in [0.25, 0.3) is 0 Å². The molecule has 96 valence electrons. The van der Waals surface area contributed by atoms with Gasteiger partial charge in [-0.1, -0.05) is 12.1 Å². The van der Waals surface area contributed by atoms with Gasteiger partial charge >= 0.3 is 5.97 Å². The number of aliphatic hydroxyl groups is 1. The van der Waals surface area contributed by atoms with Crippen LogP contribution in [-0.4, -0.2) is 35.5 Å². The van der Waals surface area contributed by atoms with Crippen molar-refractivity contribution in [3.05, 3.63) is 17.5 Å². The van der Waals surface area contributed by atoms with Crippen LogP contribution in [0.2, 0.25) is 0 Å². The SMILES string of the molecule is CCOC(=O)c1cc(CNCC(O)CC)on1. The Morgan fingerprint density at radius 1 is 1.65 bits per heavy atom. The van der Waals surface area contributed by atoms with Crippen molar-refractivity contribution >= 4 is 5.97 Å². The van der Waals surface area contributed by atoms with Crippen molar-refractivity contribution in [1.82, 2.24) is 10.5 Å². The predicted octanol–water partition coefficient (Wildman–Crippen LogP) is 0.712. The Balaban J connectivity index is 2.38. The molecule has 6 nitrogen and oxygen atoms in total. The summed E-state index contributed by atoms with van der Waals surface area (Å²) in [5.74, 6) is 0.0486. The van der Waals surface area contributed by atoms with Crippen molar-refractivity contribution in [3.63, 3.8) is 0 Å². The summed E-state index contributed by atoms with van der Waals surface area (Å²) in [7, 11) is 0. The third-order valence-electron chi connectivity index (χ3n) is 2.19. The summed E-state index contributed by atoms with van der Waals surface area (Å²) in [6.45, 7) is 4.84. The van der Waals surface area contributed by atoms with Gasteiger partial charge in [-0.15, -0.1) is 0 Å². The topological polar surface area (TPSA) is 84.6 Å². The number of aromatic nitrogens is 1. The molecular formula is C11H18N2O4. The third kappa shape index (κ3) is 4.54. The van der Waals surface area contributed by atoms with Crippen molar-refractivity contribution in [3.8, 4) is 0 Å². The van der Waals surface area contributed by atoms with Crippen LogP contribution in [-0.2, 0) is 11.3 Å². The van der Waals surface area contributed by atoms with Crippen LogP contribution in [0.1, 0.15) is 36.5 Å². The molecule has 1 heterocycles. The molecule has 1 aromatic rings. The zero-order valence-corrected chi connectivity index (χ0v) is 10.1. The Morgan fingerprint density at radius 3 is 3.06 bits per heavy atom. The minimum atomic E-state index is -0.490. The number of rotatable bonds is 7. The number of esters is 1. The van der Waals surface area contributed by atoms with Crippen molar-refractivity contribution in [1.29, 1.82) is 0 Å². The zero-order chi connectivity index (χ0) is 12.7. The molecule has 1 unspecified atom stereocenters. The molecule has 0 saturated heterocycles. The Labute approximate surface area is 99.9 Å². The second-order valence-corrected chi connectivity index (χ2v) is 3.59. The van der Waals surface area contributed by atoms with Gasteiger partial charge in [0, 0.05) is 12.6 Å². The van der Waals surface area contributed by atoms with Crippen LogP contribution in [0.15, 0.2) is 10.6 Å². The summed E-state index contributed by atoms with van der Waals surface area (Å²) < 4.78 is 9.73. The van der Waals surface area contributed by atoms with Crippen LogP contribution in [0.3, 0.4) is 0 Å². The number of ether oxygens (including phenoxy) is 1. The Hall–Kier alpha value is -1.40. The van der Waals surface area contributed by atoms with E-state index in [9.17, 15) is 9.90 Å². The lowest BCUT2D eigenvalue weighted by molar-refractivity contribution is 0.0514. The molecule has 0 aliphatic rings. The summed E-state index contributed by atoms with van der Waals surface area (Å²) in [5.41, 5.74) is 0.166. The zero-order valence-electron chi connectivity index (χ0n) is 10.1. The Kier molecular flexibility index (Phi) is 5.65. The van der Waals surface area contributed by atoms with Gasteiger partial charge in [-0.3, -0.25) is 0 Å². The quantitative estimate of drug-likeness (QED) is 0.685. The molecule has 0 radical (unpaired) electrons. The number of aliphatic hydroxyl groups excluding tert-OH is 1. The first kappa shape index (κ1) is 13.7. The summed E-state index contributed by atoms with van der Waals surface area (Å²) >= 11 is 0. The molecule has 1 atom stereocenters. The maximum absolute atomic E-state index is 11.3. The third-order valence-corrected chi connectivity index (χ3v) is 2.19. The molecule has 0 amide bonds. The molecule has 0 bridgehead atoms. The van der Waals surface area contributed by atoms with Crippen molar-refractivity contribution in [2.24, 2.45) is 0 Å². The lowest BCUT2D eigenvalue weighted by Gasteiger charge is -2.06. The highest BCUT2D eigenvalue weighted by atomic mass is 16.5. The van der Waals surface area contributed by atoms with Crippen LogP contribution in [0.4, 0.5) is 0 Å². The number of nitrogens with zero attached hydrogens (tertiary/aromatic N) is 1. The van der Waals surface area contributed by atoms with Crippen molar-refractivity contribution < 1.29 is 19.2 Å². The van der Waals surface area contributed by atoms with E-state index in [-0.39, 0.29) is 11.8 Å². The average molecular weight is 242 g/mol. The second-order valence-electron chi connectivity index (χ2n) is 3.59. The number of hydrogen-bond acceptors (Lipinski definition) is 6. The summed E-state index contributed by atoms with van der Waals surface area (Å²) in [4.78, 5) is 11.3. The van der Waals surface area contributed by atoms with Crippen LogP contribution in [0, 0.1) is 0 Å². The second kappa shape index (κ2) is 7.03. The molecule has 6 heteroatoms. The van der Waals surface area contributed by atoms with Crippen molar-refractivity contribution in [2.45, 2.75) is 32.9 Å². The van der Waals surface area contributed by atoms with Gasteiger partial charge in [-0.05, 0) is 13.3 Å². The Morgan fingerprint density at radius 2 is 2.41 bits per heavy atom. The fraction of sp³-hybridized carbons (Fsp3) is 0.636. The van der Waals surface area contributed by atoms with Crippen molar-refractivity contribution in [2.75, 3.05) is 13.2 Å². The highest BCUT2D eigenvalue weighted by Crippen LogP contribution is 2.05. The summed E-state index contributed by atoms with van der Waals surface area (Å²) in [5, 5.41) is 15.9. The minimum absolute atomic E-state index is 0.166. The van der Waals surface area contributed by atoms with E-state index in [0.717, 1.165) is 0 Å². The van der Waals surface area contributed by atoms with Gasteiger partial charge in [-0.2, -0.15) is 0 Å². The van der Waals surface area contributed by atoms with Gasteiger partial charge in [-0.25, -0.2) is 4.79 Å². The molecule has 0 spiro atoms. The first-order chi connectivity index (χ1) is 8.17. The van der Waals surface area contributed by atoms with Gasteiger partial charge in [0.15, 0.2) is 11.5 Å². The van der Waals surface area contributed by atoms with E-state index in [0.29, 0.717) is 31.9 Å². The molecule has 1 aromatic heterocycles. The van der Waals surface area contributed by atoms with E-state index in [1.54, 1.807) is 6.92 Å². The van der Waals surface area contributed by atoms with E-state index < -0.39 is 5.97 Å². The van der Waals surface area contributed by atoms with Gasteiger partial charge in [0.05, 0.1) is 19.3 Å².